The molecule has 160 valence electrons. The Labute approximate surface area is 179 Å². The van der Waals surface area contributed by atoms with Crippen molar-refractivity contribution in [1.82, 2.24) is 14.7 Å². The molecule has 0 aliphatic heterocycles. The average molecular weight is 397 g/mol. The van der Waals surface area contributed by atoms with Gasteiger partial charge in [-0.1, -0.05) is 43.5 Å². The summed E-state index contributed by atoms with van der Waals surface area (Å²) in [5.74, 6) is 0. The highest BCUT2D eigenvalue weighted by Crippen LogP contribution is 2.11. The molecule has 0 bridgehead atoms. The lowest BCUT2D eigenvalue weighted by atomic mass is 10.3. The molecular formula is C25H40N4. The van der Waals surface area contributed by atoms with Crippen LogP contribution in [0.4, 0.5) is 5.69 Å². The number of hydrogen-bond acceptors (Lipinski definition) is 4. The molecule has 0 heterocycles. The Morgan fingerprint density at radius 3 is 1.62 bits per heavy atom. The number of anilines is 1. The molecule has 1 aromatic rings. The molecule has 0 unspecified atom stereocenters. The maximum absolute atomic E-state index is 3.80. The van der Waals surface area contributed by atoms with E-state index in [-0.39, 0.29) is 0 Å². The molecule has 0 aliphatic carbocycles. The highest BCUT2D eigenvalue weighted by atomic mass is 15.2. The Bertz CT molecular complexity index is 629. The third kappa shape index (κ3) is 9.53. The molecule has 0 radical (unpaired) electrons. The van der Waals surface area contributed by atoms with E-state index in [1.165, 1.54) is 17.1 Å². The van der Waals surface area contributed by atoms with Crippen LogP contribution in [0.3, 0.4) is 0 Å². The second-order valence-corrected chi connectivity index (χ2v) is 7.53. The third-order valence-corrected chi connectivity index (χ3v) is 5.37. The molecule has 1 rings (SSSR count). The van der Waals surface area contributed by atoms with Gasteiger partial charge in [-0.15, -0.1) is 0 Å². The summed E-state index contributed by atoms with van der Waals surface area (Å²) >= 11 is 0. The van der Waals surface area contributed by atoms with Crippen LogP contribution in [0.15, 0.2) is 79.2 Å². The summed E-state index contributed by atoms with van der Waals surface area (Å²) in [6, 6.07) is 10.6. The average Bonchev–Trinajstić information content (AvgIpc) is 2.73. The van der Waals surface area contributed by atoms with Gasteiger partial charge in [-0.25, -0.2) is 0 Å². The van der Waals surface area contributed by atoms with Crippen molar-refractivity contribution in [3.8, 4) is 0 Å². The van der Waals surface area contributed by atoms with Crippen LogP contribution in [-0.4, -0.2) is 75.1 Å². The molecule has 0 atom stereocenters. The van der Waals surface area contributed by atoms with E-state index >= 15 is 0 Å². The lowest BCUT2D eigenvalue weighted by Crippen LogP contribution is -2.41. The smallest absolute Gasteiger partial charge is 0.0364 e. The predicted octanol–water partition coefficient (Wildman–Crippen LogP) is 4.47. The molecule has 0 fully saturated rings. The fraction of sp³-hybridized carbons (Fsp3) is 0.440. The first-order valence-electron chi connectivity index (χ1n) is 10.4. The summed E-state index contributed by atoms with van der Waals surface area (Å²) in [4.78, 5) is 9.46. The van der Waals surface area contributed by atoms with E-state index in [0.717, 1.165) is 39.3 Å². The van der Waals surface area contributed by atoms with Crippen molar-refractivity contribution in [2.75, 3.05) is 65.3 Å². The van der Waals surface area contributed by atoms with Gasteiger partial charge in [0.05, 0.1) is 0 Å². The van der Waals surface area contributed by atoms with Gasteiger partial charge < -0.3 is 14.7 Å². The fourth-order valence-corrected chi connectivity index (χ4v) is 2.97. The molecule has 0 N–H and O–H groups in total. The van der Waals surface area contributed by atoms with Crippen LogP contribution in [0.5, 0.6) is 0 Å². The molecule has 0 spiro atoms. The zero-order chi connectivity index (χ0) is 21.6. The van der Waals surface area contributed by atoms with Crippen molar-refractivity contribution < 1.29 is 0 Å². The lowest BCUT2D eigenvalue weighted by molar-refractivity contribution is 0.226. The number of hydrogen-bond donors (Lipinski definition) is 0. The SMILES string of the molecule is C=C/C=C(\C)N(C)CCN(CCN(C)/C(C)=C/C=C)CCN(C)c1ccccc1. The zero-order valence-corrected chi connectivity index (χ0v) is 19.1. The highest BCUT2D eigenvalue weighted by Gasteiger charge is 2.10. The van der Waals surface area contributed by atoms with E-state index in [0.29, 0.717) is 0 Å². The second kappa shape index (κ2) is 13.7. The van der Waals surface area contributed by atoms with Crippen LogP contribution in [0.2, 0.25) is 0 Å². The fourth-order valence-electron chi connectivity index (χ4n) is 2.97. The van der Waals surface area contributed by atoms with Crippen LogP contribution in [0.1, 0.15) is 13.8 Å². The molecule has 1 aromatic carbocycles. The van der Waals surface area contributed by atoms with Gasteiger partial charge in [0.25, 0.3) is 0 Å². The van der Waals surface area contributed by atoms with Crippen molar-refractivity contribution in [3.05, 3.63) is 79.2 Å². The second-order valence-electron chi connectivity index (χ2n) is 7.53. The summed E-state index contributed by atoms with van der Waals surface area (Å²) in [5, 5.41) is 0. The van der Waals surface area contributed by atoms with Crippen molar-refractivity contribution in [2.24, 2.45) is 0 Å². The van der Waals surface area contributed by atoms with Gasteiger partial charge in [0.15, 0.2) is 0 Å². The summed E-state index contributed by atoms with van der Waals surface area (Å²) in [7, 11) is 6.46. The van der Waals surface area contributed by atoms with Gasteiger partial charge in [0, 0.05) is 77.5 Å². The van der Waals surface area contributed by atoms with Crippen molar-refractivity contribution in [3.63, 3.8) is 0 Å². The number of para-hydroxylation sites is 1. The van der Waals surface area contributed by atoms with Gasteiger partial charge >= 0.3 is 0 Å². The first-order chi connectivity index (χ1) is 13.9. The van der Waals surface area contributed by atoms with E-state index in [4.69, 9.17) is 0 Å². The topological polar surface area (TPSA) is 13.0 Å². The number of nitrogens with zero attached hydrogens (tertiary/aromatic N) is 4. The maximum atomic E-state index is 3.80. The molecule has 4 heteroatoms. The molecule has 29 heavy (non-hydrogen) atoms. The van der Waals surface area contributed by atoms with E-state index in [1.54, 1.807) is 0 Å². The molecule has 0 aliphatic rings. The Hall–Kier alpha value is -2.46. The number of rotatable bonds is 14. The highest BCUT2D eigenvalue weighted by molar-refractivity contribution is 5.44. The minimum Gasteiger partial charge on any atom is -0.377 e. The van der Waals surface area contributed by atoms with Gasteiger partial charge in [-0.05, 0) is 38.1 Å². The van der Waals surface area contributed by atoms with Gasteiger partial charge in [-0.3, -0.25) is 4.90 Å². The van der Waals surface area contributed by atoms with Gasteiger partial charge in [0.2, 0.25) is 0 Å². The first-order valence-corrected chi connectivity index (χ1v) is 10.4. The quantitative estimate of drug-likeness (QED) is 0.430. The van der Waals surface area contributed by atoms with Gasteiger partial charge in [0.1, 0.15) is 0 Å². The lowest BCUT2D eigenvalue weighted by Gasteiger charge is -2.31. The third-order valence-electron chi connectivity index (χ3n) is 5.37. The summed E-state index contributed by atoms with van der Waals surface area (Å²) in [6.45, 7) is 17.9. The Morgan fingerprint density at radius 1 is 0.724 bits per heavy atom. The largest absolute Gasteiger partial charge is 0.377 e. The van der Waals surface area contributed by atoms with Crippen molar-refractivity contribution >= 4 is 5.69 Å². The Morgan fingerprint density at radius 2 is 1.17 bits per heavy atom. The van der Waals surface area contributed by atoms with Gasteiger partial charge in [-0.2, -0.15) is 0 Å². The molecular weight excluding hydrogens is 356 g/mol. The maximum Gasteiger partial charge on any atom is 0.0364 e. The van der Waals surface area contributed by atoms with Crippen LogP contribution in [-0.2, 0) is 0 Å². The minimum absolute atomic E-state index is 0.996. The molecule has 0 amide bonds. The molecule has 0 aromatic heterocycles. The number of likely N-dealkylation sites (N-methyl/N-ethyl adjacent to an activating group) is 3. The zero-order valence-electron chi connectivity index (χ0n) is 19.1. The van der Waals surface area contributed by atoms with Crippen molar-refractivity contribution in [1.29, 1.82) is 0 Å². The Kier molecular flexibility index (Phi) is 11.6. The minimum atomic E-state index is 0.996. The van der Waals surface area contributed by atoms with Crippen LogP contribution >= 0.6 is 0 Å². The van der Waals surface area contributed by atoms with Crippen molar-refractivity contribution in [2.45, 2.75) is 13.8 Å². The van der Waals surface area contributed by atoms with Crippen LogP contribution in [0, 0.1) is 0 Å². The summed E-state index contributed by atoms with van der Waals surface area (Å²) in [5.41, 5.74) is 3.74. The Balaban J connectivity index is 2.68. The number of allylic oxidation sites excluding steroid dienone is 6. The normalized spacial score (nSPS) is 12.1. The standard InChI is InChI=1S/C25H40N4/c1-8-13-23(3)26(5)17-20-29(21-18-27(6)24(4)14-9-2)22-19-28(7)25-15-11-10-12-16-25/h8-16H,1-2,17-22H2,3-7H3/b23-13+,24-14+. The predicted molar refractivity (Wildman–Crippen MR) is 129 cm³/mol. The monoisotopic (exact) mass is 396 g/mol. The first kappa shape index (κ1) is 24.6. The summed E-state index contributed by atoms with van der Waals surface area (Å²) in [6.07, 6.45) is 7.82. The van der Waals surface area contributed by atoms with E-state index in [2.05, 4.69) is 110 Å². The molecule has 0 saturated carbocycles. The van der Waals surface area contributed by atoms with E-state index in [9.17, 15) is 0 Å². The number of benzene rings is 1. The van der Waals surface area contributed by atoms with Crippen LogP contribution < -0.4 is 4.90 Å². The van der Waals surface area contributed by atoms with E-state index < -0.39 is 0 Å². The molecule has 4 nitrogen and oxygen atoms in total. The van der Waals surface area contributed by atoms with Crippen LogP contribution in [0.25, 0.3) is 0 Å². The summed E-state index contributed by atoms with van der Waals surface area (Å²) < 4.78 is 0. The molecule has 0 saturated heterocycles. The van der Waals surface area contributed by atoms with E-state index in [1.807, 2.05) is 12.2 Å².